The molecular weight excluding hydrogens is 476 g/mol. The molecule has 0 N–H and O–H groups in total. The fourth-order valence-electron chi connectivity index (χ4n) is 5.82. The number of nitrogens with zero attached hydrogens (tertiary/aromatic N) is 4. The van der Waals surface area contributed by atoms with Crippen LogP contribution in [0.4, 0.5) is 0 Å². The van der Waals surface area contributed by atoms with Crippen molar-refractivity contribution in [3.05, 3.63) is 77.9 Å². The maximum Gasteiger partial charge on any atom is 0.236 e. The second kappa shape index (κ2) is 12.6. The van der Waals surface area contributed by atoms with Crippen molar-refractivity contribution >= 4 is 11.8 Å². The van der Waals surface area contributed by atoms with Crippen LogP contribution in [-0.2, 0) is 22.7 Å². The third kappa shape index (κ3) is 6.83. The molecule has 3 heterocycles. The van der Waals surface area contributed by atoms with Crippen molar-refractivity contribution in [2.24, 2.45) is 11.8 Å². The summed E-state index contributed by atoms with van der Waals surface area (Å²) in [6, 6.07) is 18.4. The average Bonchev–Trinajstić information content (AvgIpc) is 2.93. The highest BCUT2D eigenvalue weighted by Crippen LogP contribution is 2.30. The highest BCUT2D eigenvalue weighted by molar-refractivity contribution is 5.79. The van der Waals surface area contributed by atoms with Gasteiger partial charge in [0.1, 0.15) is 12.4 Å². The fraction of sp³-hybridized carbons (Fsp3) is 0.484. The molecule has 0 radical (unpaired) electrons. The van der Waals surface area contributed by atoms with Crippen LogP contribution in [0.25, 0.3) is 0 Å². The molecule has 5 rings (SSSR count). The number of ether oxygens (including phenoxy) is 1. The third-order valence-electron chi connectivity index (χ3n) is 8.14. The zero-order chi connectivity index (χ0) is 26.3. The van der Waals surface area contributed by atoms with Crippen LogP contribution in [0, 0.1) is 11.8 Å². The van der Waals surface area contributed by atoms with Crippen LogP contribution >= 0.6 is 0 Å². The molecular formula is C31H40N4O3. The highest BCUT2D eigenvalue weighted by atomic mass is 16.5. The maximum atomic E-state index is 13.6. The third-order valence-corrected chi connectivity index (χ3v) is 8.14. The standard InChI is InChI=1S/C31H40N4O3/c1-32-15-17-34(18-16-32)30(36)20-26-13-14-35-23-27(26)11-7-19-38-29-12-6-5-10-28(29)22-33(24-31(35)37)21-25-8-3-2-4-9-25/h2-12,26-27H,13-24H2,1H3/b11-7-/t26-,27-/m0/s1. The number of piperazine rings is 1. The topological polar surface area (TPSA) is 56.3 Å². The average molecular weight is 517 g/mol. The quantitative estimate of drug-likeness (QED) is 0.584. The Morgan fingerprint density at radius 3 is 2.53 bits per heavy atom. The number of para-hydroxylation sites is 1. The van der Waals surface area contributed by atoms with Gasteiger partial charge in [0, 0.05) is 64.3 Å². The molecule has 3 aliphatic heterocycles. The van der Waals surface area contributed by atoms with Crippen molar-refractivity contribution in [1.29, 1.82) is 0 Å². The van der Waals surface area contributed by atoms with Gasteiger partial charge >= 0.3 is 0 Å². The van der Waals surface area contributed by atoms with Gasteiger partial charge in [0.15, 0.2) is 0 Å². The van der Waals surface area contributed by atoms with Gasteiger partial charge in [-0.2, -0.15) is 0 Å². The Labute approximate surface area is 226 Å². The van der Waals surface area contributed by atoms with Crippen molar-refractivity contribution in [3.63, 3.8) is 0 Å². The van der Waals surface area contributed by atoms with Crippen LogP contribution in [0.3, 0.4) is 0 Å². The molecule has 7 nitrogen and oxygen atoms in total. The van der Waals surface area contributed by atoms with E-state index in [4.69, 9.17) is 4.74 Å². The summed E-state index contributed by atoms with van der Waals surface area (Å²) in [5.41, 5.74) is 2.26. The van der Waals surface area contributed by atoms with Crippen molar-refractivity contribution in [2.75, 3.05) is 59.5 Å². The van der Waals surface area contributed by atoms with Crippen LogP contribution in [0.1, 0.15) is 24.0 Å². The van der Waals surface area contributed by atoms with Gasteiger partial charge in [-0.05, 0) is 36.9 Å². The predicted molar refractivity (Wildman–Crippen MR) is 149 cm³/mol. The van der Waals surface area contributed by atoms with Gasteiger partial charge in [-0.25, -0.2) is 0 Å². The minimum atomic E-state index is 0.145. The molecule has 7 heteroatoms. The maximum absolute atomic E-state index is 13.6. The summed E-state index contributed by atoms with van der Waals surface area (Å²) in [5.74, 6) is 1.64. The summed E-state index contributed by atoms with van der Waals surface area (Å²) in [6.07, 6.45) is 5.65. The van der Waals surface area contributed by atoms with Gasteiger partial charge in [-0.3, -0.25) is 14.5 Å². The lowest BCUT2D eigenvalue weighted by Crippen LogP contribution is -2.50. The van der Waals surface area contributed by atoms with Gasteiger partial charge in [-0.1, -0.05) is 60.7 Å². The lowest BCUT2D eigenvalue weighted by atomic mass is 9.82. The first-order chi connectivity index (χ1) is 18.5. The molecule has 2 aromatic rings. The lowest BCUT2D eigenvalue weighted by molar-refractivity contribution is -0.136. The summed E-state index contributed by atoms with van der Waals surface area (Å²) >= 11 is 0. The van der Waals surface area contributed by atoms with E-state index >= 15 is 0 Å². The lowest BCUT2D eigenvalue weighted by Gasteiger charge is -2.39. The molecule has 0 unspecified atom stereocenters. The Morgan fingerprint density at radius 2 is 1.71 bits per heavy atom. The van der Waals surface area contributed by atoms with E-state index in [0.29, 0.717) is 45.8 Å². The number of carbonyl (C=O) groups is 2. The highest BCUT2D eigenvalue weighted by Gasteiger charge is 2.33. The first-order valence-electron chi connectivity index (χ1n) is 13.9. The van der Waals surface area contributed by atoms with Crippen LogP contribution in [0.15, 0.2) is 66.7 Å². The van der Waals surface area contributed by atoms with Gasteiger partial charge in [-0.15, -0.1) is 0 Å². The molecule has 2 atom stereocenters. The number of amides is 2. The van der Waals surface area contributed by atoms with E-state index in [1.807, 2.05) is 46.2 Å². The number of hydrogen-bond donors (Lipinski definition) is 0. The molecule has 0 aromatic heterocycles. The Balaban J connectivity index is 1.33. The normalized spacial score (nSPS) is 24.4. The molecule has 2 fully saturated rings. The minimum Gasteiger partial charge on any atom is -0.489 e. The van der Waals surface area contributed by atoms with E-state index in [2.05, 4.69) is 47.2 Å². The zero-order valence-electron chi connectivity index (χ0n) is 22.5. The number of benzene rings is 2. The zero-order valence-corrected chi connectivity index (χ0v) is 22.5. The summed E-state index contributed by atoms with van der Waals surface area (Å²) in [7, 11) is 2.11. The second-order valence-corrected chi connectivity index (χ2v) is 10.9. The molecule has 0 aliphatic carbocycles. The largest absolute Gasteiger partial charge is 0.489 e. The van der Waals surface area contributed by atoms with Crippen LogP contribution in [0.2, 0.25) is 0 Å². The summed E-state index contributed by atoms with van der Waals surface area (Å²) < 4.78 is 6.19. The molecule has 2 aromatic carbocycles. The predicted octanol–water partition coefficient (Wildman–Crippen LogP) is 3.27. The van der Waals surface area contributed by atoms with E-state index < -0.39 is 0 Å². The number of likely N-dealkylation sites (N-methyl/N-ethyl adjacent to an activating group) is 1. The van der Waals surface area contributed by atoms with Crippen molar-refractivity contribution in [2.45, 2.75) is 25.9 Å². The second-order valence-electron chi connectivity index (χ2n) is 10.9. The molecule has 0 saturated carbocycles. The SMILES string of the molecule is CN1CCN(C(=O)C[C@@H]2CCN3C[C@@H]2/C=C\COc2ccccc2CN(Cc2ccccc2)CC3=O)CC1. The van der Waals surface area contributed by atoms with Gasteiger partial charge in [0.05, 0.1) is 6.54 Å². The Bertz CT molecular complexity index is 1110. The first-order valence-corrected chi connectivity index (χ1v) is 13.9. The van der Waals surface area contributed by atoms with Gasteiger partial charge in [0.2, 0.25) is 11.8 Å². The molecule has 2 bridgehead atoms. The van der Waals surface area contributed by atoms with E-state index in [9.17, 15) is 9.59 Å². The Kier molecular flexibility index (Phi) is 8.76. The van der Waals surface area contributed by atoms with E-state index in [1.165, 1.54) is 5.56 Å². The minimum absolute atomic E-state index is 0.145. The Morgan fingerprint density at radius 1 is 0.947 bits per heavy atom. The molecule has 2 saturated heterocycles. The molecule has 0 spiro atoms. The monoisotopic (exact) mass is 516 g/mol. The van der Waals surface area contributed by atoms with Crippen molar-refractivity contribution in [3.8, 4) is 5.75 Å². The summed E-state index contributed by atoms with van der Waals surface area (Å²) in [4.78, 5) is 35.2. The van der Waals surface area contributed by atoms with E-state index in [-0.39, 0.29) is 23.7 Å². The van der Waals surface area contributed by atoms with Gasteiger partial charge < -0.3 is 19.4 Å². The molecule has 202 valence electrons. The van der Waals surface area contributed by atoms with E-state index in [1.54, 1.807) is 0 Å². The van der Waals surface area contributed by atoms with Crippen LogP contribution in [0.5, 0.6) is 5.75 Å². The summed E-state index contributed by atoms with van der Waals surface area (Å²) in [5, 5.41) is 0. The van der Waals surface area contributed by atoms with E-state index in [0.717, 1.165) is 43.9 Å². The number of piperidine rings is 1. The number of fused-ring (bicyclic) bond motifs is 3. The number of rotatable bonds is 4. The smallest absolute Gasteiger partial charge is 0.236 e. The van der Waals surface area contributed by atoms with Gasteiger partial charge in [0.25, 0.3) is 0 Å². The fourth-order valence-corrected chi connectivity index (χ4v) is 5.82. The Hall–Kier alpha value is -3.16. The van der Waals surface area contributed by atoms with Crippen LogP contribution < -0.4 is 4.74 Å². The molecule has 2 amide bonds. The number of carbonyl (C=O) groups excluding carboxylic acids is 2. The molecule has 38 heavy (non-hydrogen) atoms. The number of hydrogen-bond acceptors (Lipinski definition) is 5. The molecule has 3 aliphatic rings. The van der Waals surface area contributed by atoms with Crippen molar-refractivity contribution < 1.29 is 14.3 Å². The van der Waals surface area contributed by atoms with Crippen LogP contribution in [-0.4, -0.2) is 90.9 Å². The van der Waals surface area contributed by atoms with Crippen molar-refractivity contribution in [1.82, 2.24) is 19.6 Å². The first kappa shape index (κ1) is 26.4. The summed E-state index contributed by atoms with van der Waals surface area (Å²) in [6.45, 7) is 6.98.